The first-order chi connectivity index (χ1) is 8.13. The molecule has 0 aliphatic rings. The van der Waals surface area contributed by atoms with Crippen LogP contribution in [0.25, 0.3) is 0 Å². The van der Waals surface area contributed by atoms with Crippen LogP contribution in [0.1, 0.15) is 13.3 Å². The molecule has 2 amide bonds. The Kier molecular flexibility index (Phi) is 4.99. The molecule has 0 bridgehead atoms. The molecule has 1 rings (SSSR count). The van der Waals surface area contributed by atoms with Crippen LogP contribution >= 0.6 is 0 Å². The lowest BCUT2D eigenvalue weighted by molar-refractivity contribution is -0.139. The maximum Gasteiger partial charge on any atom is 0.326 e. The molecule has 94 valence electrons. The van der Waals surface area contributed by atoms with Gasteiger partial charge in [0.15, 0.2) is 0 Å². The van der Waals surface area contributed by atoms with Crippen molar-refractivity contribution in [2.75, 3.05) is 6.54 Å². The predicted molar refractivity (Wildman–Crippen MR) is 60.5 cm³/mol. The fraction of sp³-hybridized carbons (Fsp3) is 0.500. The Morgan fingerprint density at radius 2 is 2.29 bits per heavy atom. The van der Waals surface area contributed by atoms with Crippen LogP contribution in [0.4, 0.5) is 4.79 Å². The van der Waals surface area contributed by atoms with Crippen molar-refractivity contribution in [3.63, 3.8) is 0 Å². The lowest BCUT2D eigenvalue weighted by atomic mass is 10.2. The van der Waals surface area contributed by atoms with Gasteiger partial charge in [-0.2, -0.15) is 5.10 Å². The number of aromatic nitrogens is 2. The number of carboxylic acids is 1. The summed E-state index contributed by atoms with van der Waals surface area (Å²) in [5.41, 5.74) is 0. The summed E-state index contributed by atoms with van der Waals surface area (Å²) in [6, 6.07) is 0.462. The minimum absolute atomic E-state index is 0.349. The molecule has 1 heterocycles. The highest BCUT2D eigenvalue weighted by molar-refractivity contribution is 5.82. The summed E-state index contributed by atoms with van der Waals surface area (Å²) in [4.78, 5) is 22.0. The van der Waals surface area contributed by atoms with Crippen molar-refractivity contribution in [3.05, 3.63) is 18.5 Å². The molecular formula is C10H16N4O3. The number of nitrogens with one attached hydrogen (secondary N) is 2. The summed E-state index contributed by atoms with van der Waals surface area (Å²) in [5.74, 6) is -1.03. The predicted octanol–water partition coefficient (Wildman–Crippen LogP) is 0.0455. The summed E-state index contributed by atoms with van der Waals surface area (Å²) < 4.78 is 1.68. The summed E-state index contributed by atoms with van der Waals surface area (Å²) in [7, 11) is 0. The molecule has 0 radical (unpaired) electrons. The van der Waals surface area contributed by atoms with Gasteiger partial charge in [-0.3, -0.25) is 4.68 Å². The fourth-order valence-corrected chi connectivity index (χ4v) is 1.26. The number of carbonyl (C=O) groups excluding carboxylic acids is 1. The highest BCUT2D eigenvalue weighted by atomic mass is 16.4. The van der Waals surface area contributed by atoms with Gasteiger partial charge in [0.25, 0.3) is 0 Å². The summed E-state index contributed by atoms with van der Waals surface area (Å²) in [6.07, 6.45) is 3.78. The van der Waals surface area contributed by atoms with Crippen LogP contribution in [0.3, 0.4) is 0 Å². The van der Waals surface area contributed by atoms with Crippen molar-refractivity contribution < 1.29 is 14.7 Å². The monoisotopic (exact) mass is 240 g/mol. The number of carbonyl (C=O) groups is 2. The van der Waals surface area contributed by atoms with E-state index in [4.69, 9.17) is 5.11 Å². The van der Waals surface area contributed by atoms with Gasteiger partial charge in [0, 0.05) is 18.9 Å². The zero-order valence-corrected chi connectivity index (χ0v) is 9.59. The molecule has 7 heteroatoms. The first-order valence-corrected chi connectivity index (χ1v) is 5.38. The second-order valence-electron chi connectivity index (χ2n) is 3.47. The van der Waals surface area contributed by atoms with Crippen molar-refractivity contribution >= 4 is 12.0 Å². The molecule has 1 atom stereocenters. The molecule has 0 saturated heterocycles. The molecule has 0 aromatic carbocycles. The van der Waals surface area contributed by atoms with E-state index in [0.717, 1.165) is 0 Å². The molecule has 0 unspecified atom stereocenters. The molecule has 7 nitrogen and oxygen atoms in total. The minimum Gasteiger partial charge on any atom is -0.480 e. The van der Waals surface area contributed by atoms with Gasteiger partial charge in [-0.25, -0.2) is 9.59 Å². The number of nitrogens with zero attached hydrogens (tertiary/aromatic N) is 2. The number of aliphatic carboxylic acids is 1. The van der Waals surface area contributed by atoms with E-state index in [1.54, 1.807) is 30.1 Å². The summed E-state index contributed by atoms with van der Waals surface area (Å²) in [5, 5.41) is 17.6. The maximum atomic E-state index is 11.3. The molecule has 0 saturated carbocycles. The number of hydrogen-bond donors (Lipinski definition) is 3. The second-order valence-corrected chi connectivity index (χ2v) is 3.47. The van der Waals surface area contributed by atoms with Crippen LogP contribution in [0, 0.1) is 0 Å². The average molecular weight is 240 g/mol. The van der Waals surface area contributed by atoms with E-state index < -0.39 is 18.0 Å². The summed E-state index contributed by atoms with van der Waals surface area (Å²) in [6.45, 7) is 2.64. The zero-order valence-electron chi connectivity index (χ0n) is 9.59. The Balaban J connectivity index is 2.23. The van der Waals surface area contributed by atoms with Crippen LogP contribution in [0.15, 0.2) is 18.5 Å². The van der Waals surface area contributed by atoms with Crippen LogP contribution in [0.2, 0.25) is 0 Å². The first-order valence-electron chi connectivity index (χ1n) is 5.38. The van der Waals surface area contributed by atoms with Crippen molar-refractivity contribution in [2.45, 2.75) is 25.9 Å². The number of carboxylic acid groups (broad SMARTS) is 1. The standard InChI is InChI=1S/C10H16N4O3/c1-2-8(9(15)16)13-10(17)11-5-7-14-6-3-4-12-14/h3-4,6,8H,2,5,7H2,1H3,(H,15,16)(H2,11,13,17)/t8-/m1/s1. The molecule has 0 aliphatic carbocycles. The normalized spacial score (nSPS) is 11.8. The van der Waals surface area contributed by atoms with Gasteiger partial charge in [-0.15, -0.1) is 0 Å². The van der Waals surface area contributed by atoms with Crippen LogP contribution in [-0.4, -0.2) is 39.5 Å². The van der Waals surface area contributed by atoms with Gasteiger partial charge in [0.1, 0.15) is 6.04 Å². The Hall–Kier alpha value is -2.05. The van der Waals surface area contributed by atoms with Crippen LogP contribution in [0.5, 0.6) is 0 Å². The van der Waals surface area contributed by atoms with Gasteiger partial charge in [0.05, 0.1) is 6.54 Å². The molecular weight excluding hydrogens is 224 g/mol. The van der Waals surface area contributed by atoms with E-state index in [9.17, 15) is 9.59 Å². The smallest absolute Gasteiger partial charge is 0.326 e. The van der Waals surface area contributed by atoms with E-state index in [2.05, 4.69) is 15.7 Å². The molecule has 0 fully saturated rings. The number of amides is 2. The second kappa shape index (κ2) is 6.51. The highest BCUT2D eigenvalue weighted by Crippen LogP contribution is 1.90. The first kappa shape index (κ1) is 13.0. The largest absolute Gasteiger partial charge is 0.480 e. The molecule has 17 heavy (non-hydrogen) atoms. The van der Waals surface area contributed by atoms with Gasteiger partial charge >= 0.3 is 12.0 Å². The van der Waals surface area contributed by atoms with Crippen LogP contribution < -0.4 is 10.6 Å². The van der Waals surface area contributed by atoms with Crippen molar-refractivity contribution in [2.24, 2.45) is 0 Å². The van der Waals surface area contributed by atoms with Gasteiger partial charge in [0.2, 0.25) is 0 Å². The Labute approximate surface area is 98.8 Å². The zero-order chi connectivity index (χ0) is 12.7. The quantitative estimate of drug-likeness (QED) is 0.654. The van der Waals surface area contributed by atoms with E-state index in [1.165, 1.54) is 0 Å². The Morgan fingerprint density at radius 1 is 1.53 bits per heavy atom. The summed E-state index contributed by atoms with van der Waals surface area (Å²) >= 11 is 0. The van der Waals surface area contributed by atoms with Gasteiger partial charge < -0.3 is 15.7 Å². The van der Waals surface area contributed by atoms with E-state index in [1.807, 2.05) is 0 Å². The van der Waals surface area contributed by atoms with Gasteiger partial charge in [-0.05, 0) is 12.5 Å². The SMILES string of the molecule is CC[C@@H](NC(=O)NCCn1cccn1)C(=O)O. The van der Waals surface area contributed by atoms with E-state index >= 15 is 0 Å². The third-order valence-electron chi connectivity index (χ3n) is 2.20. The van der Waals surface area contributed by atoms with Gasteiger partial charge in [-0.1, -0.05) is 6.92 Å². The molecule has 0 spiro atoms. The molecule has 1 aromatic rings. The van der Waals surface area contributed by atoms with Crippen molar-refractivity contribution in [1.29, 1.82) is 0 Å². The highest BCUT2D eigenvalue weighted by Gasteiger charge is 2.16. The lowest BCUT2D eigenvalue weighted by Gasteiger charge is -2.13. The number of urea groups is 1. The molecule has 1 aromatic heterocycles. The lowest BCUT2D eigenvalue weighted by Crippen LogP contribution is -2.46. The molecule has 3 N–H and O–H groups in total. The average Bonchev–Trinajstić information content (AvgIpc) is 2.78. The fourth-order valence-electron chi connectivity index (χ4n) is 1.26. The minimum atomic E-state index is -1.03. The Bertz CT molecular complexity index is 364. The van der Waals surface area contributed by atoms with Crippen molar-refractivity contribution in [1.82, 2.24) is 20.4 Å². The third-order valence-corrected chi connectivity index (χ3v) is 2.20. The third kappa shape index (κ3) is 4.54. The number of rotatable bonds is 6. The number of hydrogen-bond acceptors (Lipinski definition) is 3. The Morgan fingerprint density at radius 3 is 2.82 bits per heavy atom. The van der Waals surface area contributed by atoms with E-state index in [0.29, 0.717) is 19.5 Å². The maximum absolute atomic E-state index is 11.3. The molecule has 0 aliphatic heterocycles. The van der Waals surface area contributed by atoms with E-state index in [-0.39, 0.29) is 0 Å². The topological polar surface area (TPSA) is 96.3 Å². The van der Waals surface area contributed by atoms with Crippen molar-refractivity contribution in [3.8, 4) is 0 Å². The van der Waals surface area contributed by atoms with Crippen LogP contribution in [-0.2, 0) is 11.3 Å².